The van der Waals surface area contributed by atoms with Crippen molar-refractivity contribution in [3.63, 3.8) is 0 Å². The van der Waals surface area contributed by atoms with Crippen molar-refractivity contribution in [3.8, 4) is 17.2 Å². The molecule has 0 bridgehead atoms. The van der Waals surface area contributed by atoms with E-state index in [1.54, 1.807) is 7.11 Å². The monoisotopic (exact) mass is 337 g/mol. The molecular weight excluding hydrogens is 316 g/mol. The van der Waals surface area contributed by atoms with E-state index in [2.05, 4.69) is 54.2 Å². The summed E-state index contributed by atoms with van der Waals surface area (Å²) >= 11 is 0. The average Bonchev–Trinajstić information content (AvgIpc) is 3.26. The molecule has 2 atom stereocenters. The molecule has 2 aliphatic heterocycles. The second-order valence-electron chi connectivity index (χ2n) is 6.75. The van der Waals surface area contributed by atoms with Crippen LogP contribution in [-0.2, 0) is 6.42 Å². The van der Waals surface area contributed by atoms with Gasteiger partial charge in [-0.05, 0) is 29.1 Å². The van der Waals surface area contributed by atoms with E-state index in [-0.39, 0.29) is 13.0 Å². The lowest BCUT2D eigenvalue weighted by Crippen LogP contribution is -3.11. The van der Waals surface area contributed by atoms with E-state index in [1.807, 2.05) is 0 Å². The Labute approximate surface area is 146 Å². The van der Waals surface area contributed by atoms with Crippen LogP contribution in [0.5, 0.6) is 17.2 Å². The number of aromatic nitrogens is 1. The molecule has 1 aromatic heterocycles. The lowest BCUT2D eigenvalue weighted by molar-refractivity contribution is -0.917. The molecule has 3 heterocycles. The number of hydrogen-bond acceptors (Lipinski definition) is 3. The second-order valence-corrected chi connectivity index (χ2v) is 6.75. The fraction of sp³-hybridized carbons (Fsp3) is 0.300. The maximum absolute atomic E-state index is 5.81. The number of quaternary nitrogens is 1. The van der Waals surface area contributed by atoms with Crippen LogP contribution in [0, 0.1) is 0 Å². The van der Waals surface area contributed by atoms with Crippen LogP contribution in [0.1, 0.15) is 17.3 Å². The summed E-state index contributed by atoms with van der Waals surface area (Å²) in [7, 11) is 3.96. The molecule has 128 valence electrons. The van der Waals surface area contributed by atoms with Gasteiger partial charge in [0, 0.05) is 12.6 Å². The van der Waals surface area contributed by atoms with E-state index < -0.39 is 0 Å². The molecule has 0 saturated heterocycles. The molecule has 1 unspecified atom stereocenters. The number of fused-ring (bicyclic) bond motifs is 3. The zero-order valence-electron chi connectivity index (χ0n) is 14.4. The van der Waals surface area contributed by atoms with Gasteiger partial charge >= 0.3 is 0 Å². The second kappa shape index (κ2) is 5.43. The summed E-state index contributed by atoms with van der Waals surface area (Å²) in [6.45, 7) is 1.32. The Kier molecular flexibility index (Phi) is 3.18. The zero-order valence-corrected chi connectivity index (χ0v) is 14.4. The summed E-state index contributed by atoms with van der Waals surface area (Å²) < 4.78 is 19.5. The van der Waals surface area contributed by atoms with Crippen LogP contribution < -0.4 is 19.1 Å². The fourth-order valence-electron chi connectivity index (χ4n) is 4.21. The van der Waals surface area contributed by atoms with Crippen molar-refractivity contribution in [1.29, 1.82) is 0 Å². The standard InChI is InChI=1S/C20H20N2O3/c1-21-9-7-14-11-16-18(25-12-24-16)19(23-2)17(14)20(21)22-10-8-13-5-3-4-6-15(13)22/h3-6,8,10-11,20H,7,9,12H2,1-2H3/p+1/t20-/m1/s1. The van der Waals surface area contributed by atoms with Gasteiger partial charge in [-0.15, -0.1) is 0 Å². The quantitative estimate of drug-likeness (QED) is 0.777. The summed E-state index contributed by atoms with van der Waals surface area (Å²) in [4.78, 5) is 1.44. The first-order valence-electron chi connectivity index (χ1n) is 8.65. The Hall–Kier alpha value is -2.66. The summed E-state index contributed by atoms with van der Waals surface area (Å²) in [5, 5.41) is 1.25. The van der Waals surface area contributed by atoms with Gasteiger partial charge in [0.25, 0.3) is 0 Å². The van der Waals surface area contributed by atoms with Gasteiger partial charge in [-0.25, -0.2) is 0 Å². The van der Waals surface area contributed by atoms with Crippen molar-refractivity contribution in [2.24, 2.45) is 0 Å². The molecule has 0 amide bonds. The number of nitrogens with zero attached hydrogens (tertiary/aromatic N) is 1. The van der Waals surface area contributed by atoms with Crippen LogP contribution in [-0.4, -0.2) is 32.1 Å². The Bertz CT molecular complexity index is 963. The van der Waals surface area contributed by atoms with E-state index in [0.717, 1.165) is 30.2 Å². The van der Waals surface area contributed by atoms with Crippen molar-refractivity contribution in [3.05, 3.63) is 53.7 Å². The maximum Gasteiger partial charge on any atom is 0.231 e. The first-order valence-corrected chi connectivity index (χ1v) is 8.65. The fourth-order valence-corrected chi connectivity index (χ4v) is 4.21. The van der Waals surface area contributed by atoms with Crippen molar-refractivity contribution in [2.45, 2.75) is 12.6 Å². The normalized spacial score (nSPS) is 21.4. The third kappa shape index (κ3) is 2.05. The highest BCUT2D eigenvalue weighted by Crippen LogP contribution is 2.47. The molecule has 5 rings (SSSR count). The molecule has 0 aliphatic carbocycles. The lowest BCUT2D eigenvalue weighted by atomic mass is 9.94. The van der Waals surface area contributed by atoms with Gasteiger partial charge < -0.3 is 19.1 Å². The van der Waals surface area contributed by atoms with Crippen LogP contribution in [0.25, 0.3) is 10.9 Å². The molecule has 2 aromatic carbocycles. The number of hydrogen-bond donors (Lipinski definition) is 1. The average molecular weight is 337 g/mol. The van der Waals surface area contributed by atoms with Crippen LogP contribution in [0.15, 0.2) is 42.6 Å². The van der Waals surface area contributed by atoms with Crippen LogP contribution >= 0.6 is 0 Å². The van der Waals surface area contributed by atoms with Crippen LogP contribution in [0.2, 0.25) is 0 Å². The third-order valence-electron chi connectivity index (χ3n) is 5.38. The van der Waals surface area contributed by atoms with Crippen LogP contribution in [0.3, 0.4) is 0 Å². The molecule has 25 heavy (non-hydrogen) atoms. The van der Waals surface area contributed by atoms with Crippen molar-refractivity contribution >= 4 is 10.9 Å². The smallest absolute Gasteiger partial charge is 0.231 e. The van der Waals surface area contributed by atoms with Gasteiger partial charge in [0.05, 0.1) is 31.8 Å². The Morgan fingerprint density at radius 1 is 1.20 bits per heavy atom. The van der Waals surface area contributed by atoms with Crippen molar-refractivity contribution < 1.29 is 19.1 Å². The molecule has 1 N–H and O–H groups in total. The number of methoxy groups -OCH3 is 1. The van der Waals surface area contributed by atoms with E-state index in [1.165, 1.54) is 26.9 Å². The molecule has 2 aliphatic rings. The van der Waals surface area contributed by atoms with Gasteiger partial charge in [0.2, 0.25) is 12.5 Å². The van der Waals surface area contributed by atoms with Gasteiger partial charge in [-0.1, -0.05) is 18.2 Å². The van der Waals surface area contributed by atoms with E-state index >= 15 is 0 Å². The minimum Gasteiger partial charge on any atom is -0.492 e. The molecule has 5 heteroatoms. The predicted octanol–water partition coefficient (Wildman–Crippen LogP) is 2.00. The van der Waals surface area contributed by atoms with Crippen molar-refractivity contribution in [2.75, 3.05) is 27.5 Å². The Balaban J connectivity index is 1.77. The number of likely N-dealkylation sites (N-methyl/N-ethyl adjacent to an activating group) is 1. The van der Waals surface area contributed by atoms with Gasteiger partial charge in [-0.3, -0.25) is 4.57 Å². The SMILES string of the molecule is COc1c2c(cc3c1[C@@H](n1ccc4ccccc41)[NH+](C)CC3)OCO2. The molecule has 0 spiro atoms. The number of benzene rings is 2. The number of para-hydroxylation sites is 1. The largest absolute Gasteiger partial charge is 0.492 e. The molecule has 0 saturated carbocycles. The lowest BCUT2D eigenvalue weighted by Gasteiger charge is -2.34. The van der Waals surface area contributed by atoms with Gasteiger partial charge in [-0.2, -0.15) is 0 Å². The number of nitrogens with one attached hydrogen (secondary N) is 1. The van der Waals surface area contributed by atoms with Crippen molar-refractivity contribution in [1.82, 2.24) is 4.57 Å². The van der Waals surface area contributed by atoms with E-state index in [4.69, 9.17) is 14.2 Å². The predicted molar refractivity (Wildman–Crippen MR) is 94.7 cm³/mol. The summed E-state index contributed by atoms with van der Waals surface area (Å²) in [5.74, 6) is 2.34. The third-order valence-corrected chi connectivity index (χ3v) is 5.38. The first kappa shape index (κ1) is 14.7. The first-order chi connectivity index (χ1) is 12.3. The highest BCUT2D eigenvalue weighted by molar-refractivity contribution is 5.80. The summed E-state index contributed by atoms with van der Waals surface area (Å²) in [6, 6.07) is 12.8. The topological polar surface area (TPSA) is 37.1 Å². The Morgan fingerprint density at radius 3 is 2.96 bits per heavy atom. The highest BCUT2D eigenvalue weighted by atomic mass is 16.7. The summed E-state index contributed by atoms with van der Waals surface area (Å²) in [6.07, 6.45) is 3.33. The molecule has 0 fully saturated rings. The Morgan fingerprint density at radius 2 is 2.08 bits per heavy atom. The van der Waals surface area contributed by atoms with E-state index in [0.29, 0.717) is 0 Å². The minimum absolute atomic E-state index is 0.146. The molecule has 0 radical (unpaired) electrons. The molecular formula is C20H21N2O3+. The molecule has 3 aromatic rings. The van der Waals surface area contributed by atoms with Gasteiger partial charge in [0.1, 0.15) is 0 Å². The number of rotatable bonds is 2. The highest BCUT2D eigenvalue weighted by Gasteiger charge is 2.37. The van der Waals surface area contributed by atoms with E-state index in [9.17, 15) is 0 Å². The van der Waals surface area contributed by atoms with Crippen LogP contribution in [0.4, 0.5) is 0 Å². The molecule has 5 nitrogen and oxygen atoms in total. The van der Waals surface area contributed by atoms with Gasteiger partial charge in [0.15, 0.2) is 17.7 Å². The summed E-state index contributed by atoms with van der Waals surface area (Å²) in [5.41, 5.74) is 3.73. The maximum atomic E-state index is 5.81. The number of ether oxygens (including phenoxy) is 3. The zero-order chi connectivity index (χ0) is 17.0. The minimum atomic E-state index is 0.146.